The average Bonchev–Trinajstić information content (AvgIpc) is 2.04. The van der Waals surface area contributed by atoms with Crippen LogP contribution in [0.1, 0.15) is 44.9 Å². The van der Waals surface area contributed by atoms with Crippen molar-refractivity contribution in [3.63, 3.8) is 0 Å². The van der Waals surface area contributed by atoms with Crippen molar-refractivity contribution in [2.45, 2.75) is 51.0 Å². The number of fused-ring (bicyclic) bond motifs is 1. The topological polar surface area (TPSA) is 20.2 Å². The Bertz CT molecular complexity index is 133. The quantitative estimate of drug-likeness (QED) is 0.568. The van der Waals surface area contributed by atoms with Gasteiger partial charge < -0.3 is 5.11 Å². The van der Waals surface area contributed by atoms with Crippen molar-refractivity contribution in [2.24, 2.45) is 11.8 Å². The fourth-order valence-corrected chi connectivity index (χ4v) is 2.85. The van der Waals surface area contributed by atoms with E-state index in [2.05, 4.69) is 0 Å². The van der Waals surface area contributed by atoms with Crippen LogP contribution in [0.3, 0.4) is 0 Å². The summed E-state index contributed by atoms with van der Waals surface area (Å²) in [6.07, 6.45) is 9.19. The van der Waals surface area contributed by atoms with Gasteiger partial charge in [0.25, 0.3) is 0 Å². The SMILES string of the molecule is O[C@H]1CC[C@H]2CCCC[C@H]2C1. The molecule has 0 spiro atoms. The Morgan fingerprint density at radius 3 is 2.36 bits per heavy atom. The van der Waals surface area contributed by atoms with E-state index in [1.54, 1.807) is 0 Å². The third-order valence-corrected chi connectivity index (χ3v) is 3.51. The van der Waals surface area contributed by atoms with E-state index in [1.165, 1.54) is 32.1 Å². The second-order valence-electron chi connectivity index (χ2n) is 4.27. The molecule has 0 aromatic heterocycles. The number of hydrogen-bond acceptors (Lipinski definition) is 1. The first-order valence-corrected chi connectivity index (χ1v) is 5.04. The van der Waals surface area contributed by atoms with E-state index in [1.807, 2.05) is 0 Å². The second-order valence-corrected chi connectivity index (χ2v) is 4.27. The van der Waals surface area contributed by atoms with Gasteiger partial charge in [-0.05, 0) is 31.1 Å². The first-order chi connectivity index (χ1) is 5.36. The van der Waals surface area contributed by atoms with Crippen LogP contribution in [0.25, 0.3) is 0 Å². The van der Waals surface area contributed by atoms with Crippen LogP contribution in [-0.4, -0.2) is 11.2 Å². The van der Waals surface area contributed by atoms with Crippen molar-refractivity contribution >= 4 is 0 Å². The molecule has 2 saturated carbocycles. The maximum absolute atomic E-state index is 9.45. The van der Waals surface area contributed by atoms with E-state index < -0.39 is 0 Å². The summed E-state index contributed by atoms with van der Waals surface area (Å²) in [5.41, 5.74) is 0. The van der Waals surface area contributed by atoms with E-state index >= 15 is 0 Å². The Morgan fingerprint density at radius 2 is 1.55 bits per heavy atom. The summed E-state index contributed by atoms with van der Waals surface area (Å²) in [6.45, 7) is 0. The van der Waals surface area contributed by atoms with E-state index in [0.717, 1.165) is 24.7 Å². The summed E-state index contributed by atoms with van der Waals surface area (Å²) in [5.74, 6) is 1.86. The molecule has 0 unspecified atom stereocenters. The van der Waals surface area contributed by atoms with Gasteiger partial charge in [-0.3, -0.25) is 0 Å². The molecule has 0 aromatic carbocycles. The van der Waals surface area contributed by atoms with Gasteiger partial charge in [0.15, 0.2) is 0 Å². The summed E-state index contributed by atoms with van der Waals surface area (Å²) in [7, 11) is 0. The molecule has 1 N–H and O–H groups in total. The van der Waals surface area contributed by atoms with E-state index in [-0.39, 0.29) is 6.10 Å². The lowest BCUT2D eigenvalue weighted by Gasteiger charge is -2.37. The first-order valence-electron chi connectivity index (χ1n) is 5.04. The highest BCUT2D eigenvalue weighted by Gasteiger charge is 2.30. The fraction of sp³-hybridized carbons (Fsp3) is 1.00. The number of rotatable bonds is 0. The van der Waals surface area contributed by atoms with Gasteiger partial charge in [-0.1, -0.05) is 25.7 Å². The van der Waals surface area contributed by atoms with Gasteiger partial charge in [0, 0.05) is 0 Å². The van der Waals surface area contributed by atoms with Crippen molar-refractivity contribution in [2.75, 3.05) is 0 Å². The minimum absolute atomic E-state index is 0.0364. The van der Waals surface area contributed by atoms with Gasteiger partial charge in [-0.25, -0.2) is 0 Å². The van der Waals surface area contributed by atoms with Crippen molar-refractivity contribution < 1.29 is 5.11 Å². The molecule has 2 rings (SSSR count). The lowest BCUT2D eigenvalue weighted by atomic mass is 9.70. The second kappa shape index (κ2) is 3.14. The molecule has 0 heterocycles. The average molecular weight is 154 g/mol. The zero-order valence-corrected chi connectivity index (χ0v) is 7.13. The summed E-state index contributed by atoms with van der Waals surface area (Å²) in [6, 6.07) is 0. The third-order valence-electron chi connectivity index (χ3n) is 3.51. The predicted molar refractivity (Wildman–Crippen MR) is 45.3 cm³/mol. The Labute approximate surface area is 68.8 Å². The molecule has 2 fully saturated rings. The lowest BCUT2D eigenvalue weighted by Crippen LogP contribution is -2.29. The minimum Gasteiger partial charge on any atom is -0.393 e. The van der Waals surface area contributed by atoms with Crippen LogP contribution < -0.4 is 0 Å². The highest BCUT2D eigenvalue weighted by Crippen LogP contribution is 2.40. The maximum Gasteiger partial charge on any atom is 0.0543 e. The van der Waals surface area contributed by atoms with Crippen molar-refractivity contribution in [1.29, 1.82) is 0 Å². The van der Waals surface area contributed by atoms with Crippen LogP contribution in [-0.2, 0) is 0 Å². The van der Waals surface area contributed by atoms with Crippen LogP contribution in [0.5, 0.6) is 0 Å². The van der Waals surface area contributed by atoms with Crippen molar-refractivity contribution in [3.05, 3.63) is 0 Å². The lowest BCUT2D eigenvalue weighted by molar-refractivity contribution is 0.0491. The predicted octanol–water partition coefficient (Wildman–Crippen LogP) is 2.34. The van der Waals surface area contributed by atoms with Crippen LogP contribution in [0.2, 0.25) is 0 Å². The zero-order chi connectivity index (χ0) is 7.68. The summed E-state index contributed by atoms with van der Waals surface area (Å²) >= 11 is 0. The summed E-state index contributed by atoms with van der Waals surface area (Å²) in [5, 5.41) is 9.45. The number of hydrogen-bond donors (Lipinski definition) is 1. The molecule has 1 nitrogen and oxygen atoms in total. The van der Waals surface area contributed by atoms with Crippen molar-refractivity contribution in [3.8, 4) is 0 Å². The minimum atomic E-state index is 0.0364. The molecule has 0 aliphatic heterocycles. The Morgan fingerprint density at radius 1 is 0.818 bits per heavy atom. The van der Waals surface area contributed by atoms with E-state index in [9.17, 15) is 5.11 Å². The molecule has 0 amide bonds. The maximum atomic E-state index is 9.45. The molecule has 2 aliphatic carbocycles. The Balaban J connectivity index is 1.93. The van der Waals surface area contributed by atoms with Gasteiger partial charge in [0.2, 0.25) is 0 Å². The number of aliphatic hydroxyl groups excluding tert-OH is 1. The molecule has 0 radical (unpaired) electrons. The van der Waals surface area contributed by atoms with E-state index in [4.69, 9.17) is 0 Å². The van der Waals surface area contributed by atoms with Crippen LogP contribution in [0.15, 0.2) is 0 Å². The van der Waals surface area contributed by atoms with Crippen LogP contribution in [0, 0.1) is 11.8 Å². The largest absolute Gasteiger partial charge is 0.393 e. The number of aliphatic hydroxyl groups is 1. The fourth-order valence-electron chi connectivity index (χ4n) is 2.85. The summed E-state index contributed by atoms with van der Waals surface area (Å²) < 4.78 is 0. The molecule has 0 aromatic rings. The Kier molecular flexibility index (Phi) is 2.17. The molecule has 0 bridgehead atoms. The van der Waals surface area contributed by atoms with Gasteiger partial charge in [0.05, 0.1) is 6.10 Å². The molecular weight excluding hydrogens is 136 g/mol. The zero-order valence-electron chi connectivity index (χ0n) is 7.13. The Hall–Kier alpha value is -0.0400. The van der Waals surface area contributed by atoms with Gasteiger partial charge >= 0.3 is 0 Å². The highest BCUT2D eigenvalue weighted by molar-refractivity contribution is 4.82. The van der Waals surface area contributed by atoms with Gasteiger partial charge in [-0.15, -0.1) is 0 Å². The molecule has 3 atom stereocenters. The highest BCUT2D eigenvalue weighted by atomic mass is 16.3. The molecular formula is C10H18O. The van der Waals surface area contributed by atoms with Crippen molar-refractivity contribution in [1.82, 2.24) is 0 Å². The monoisotopic (exact) mass is 154 g/mol. The smallest absolute Gasteiger partial charge is 0.0543 e. The summed E-state index contributed by atoms with van der Waals surface area (Å²) in [4.78, 5) is 0. The van der Waals surface area contributed by atoms with Crippen LogP contribution >= 0.6 is 0 Å². The van der Waals surface area contributed by atoms with E-state index in [0.29, 0.717) is 0 Å². The normalized spacial score (nSPS) is 45.0. The molecule has 2 aliphatic rings. The van der Waals surface area contributed by atoms with Gasteiger partial charge in [0.1, 0.15) is 0 Å². The van der Waals surface area contributed by atoms with Gasteiger partial charge in [-0.2, -0.15) is 0 Å². The molecule has 64 valence electrons. The first kappa shape index (κ1) is 7.60. The molecule has 0 saturated heterocycles. The third kappa shape index (κ3) is 1.58. The standard InChI is InChI=1S/C10H18O/c11-10-6-5-8-3-1-2-4-9(8)7-10/h8-11H,1-7H2/t8-,9+,10+/m1/s1. The van der Waals surface area contributed by atoms with Crippen LogP contribution in [0.4, 0.5) is 0 Å². The molecule has 1 heteroatoms. The molecule has 11 heavy (non-hydrogen) atoms.